The van der Waals surface area contributed by atoms with Crippen LogP contribution >= 0.6 is 0 Å². The van der Waals surface area contributed by atoms with Crippen LogP contribution in [0.4, 0.5) is 8.78 Å². The van der Waals surface area contributed by atoms with Crippen LogP contribution in [-0.4, -0.2) is 32.1 Å². The molecule has 150 valence electrons. The van der Waals surface area contributed by atoms with Crippen molar-refractivity contribution >= 4 is 11.9 Å². The van der Waals surface area contributed by atoms with E-state index in [2.05, 4.69) is 25.7 Å². The lowest BCUT2D eigenvalue weighted by Gasteiger charge is -2.14. The second-order valence-corrected chi connectivity index (χ2v) is 5.85. The van der Waals surface area contributed by atoms with E-state index in [1.165, 1.54) is 6.07 Å². The molecule has 0 spiro atoms. The van der Waals surface area contributed by atoms with Crippen LogP contribution in [0.15, 0.2) is 59.6 Å². The average molecular weight is 390 g/mol. The summed E-state index contributed by atoms with van der Waals surface area (Å²) in [5, 5.41) is 8.88. The first kappa shape index (κ1) is 21.1. The van der Waals surface area contributed by atoms with Gasteiger partial charge in [-0.2, -0.15) is 8.78 Å². The van der Waals surface area contributed by atoms with Crippen LogP contribution < -0.4 is 20.7 Å². The third-order valence-electron chi connectivity index (χ3n) is 3.84. The zero-order valence-corrected chi connectivity index (χ0v) is 15.6. The van der Waals surface area contributed by atoms with Gasteiger partial charge < -0.3 is 20.7 Å². The van der Waals surface area contributed by atoms with Crippen LogP contribution in [0.2, 0.25) is 0 Å². The second kappa shape index (κ2) is 11.5. The fourth-order valence-corrected chi connectivity index (χ4v) is 2.44. The maximum absolute atomic E-state index is 12.5. The summed E-state index contributed by atoms with van der Waals surface area (Å²) in [7, 11) is 1.59. The molecule has 0 aliphatic heterocycles. The molecule has 6 nitrogen and oxygen atoms in total. The number of alkyl halides is 2. The topological polar surface area (TPSA) is 74.8 Å². The third kappa shape index (κ3) is 7.61. The summed E-state index contributed by atoms with van der Waals surface area (Å²) in [4.78, 5) is 16.0. The van der Waals surface area contributed by atoms with Crippen molar-refractivity contribution in [2.45, 2.75) is 26.1 Å². The largest absolute Gasteiger partial charge is 0.434 e. The van der Waals surface area contributed by atoms with Crippen molar-refractivity contribution in [3.8, 4) is 5.75 Å². The molecule has 0 fully saturated rings. The zero-order chi connectivity index (χ0) is 20.2. The Kier molecular flexibility index (Phi) is 8.71. The van der Waals surface area contributed by atoms with Crippen LogP contribution in [-0.2, 0) is 17.9 Å². The summed E-state index contributed by atoms with van der Waals surface area (Å²) < 4.78 is 29.4. The number of benzene rings is 2. The number of guanidine groups is 1. The predicted octanol–water partition coefficient (Wildman–Crippen LogP) is 2.66. The number of carbonyl (C=O) groups is 1. The SMILES string of the molecule is CN=C(NCCC(=O)NCc1ccccc1)NCc1ccccc1OC(F)F. The van der Waals surface area contributed by atoms with Gasteiger partial charge in [0.1, 0.15) is 5.75 Å². The molecule has 28 heavy (non-hydrogen) atoms. The number of amides is 1. The number of nitrogens with one attached hydrogen (secondary N) is 3. The lowest BCUT2D eigenvalue weighted by atomic mass is 10.2. The van der Waals surface area contributed by atoms with E-state index >= 15 is 0 Å². The smallest absolute Gasteiger partial charge is 0.387 e. The van der Waals surface area contributed by atoms with Crippen LogP contribution in [0.5, 0.6) is 5.75 Å². The number of hydrogen-bond acceptors (Lipinski definition) is 3. The van der Waals surface area contributed by atoms with E-state index in [1.807, 2.05) is 30.3 Å². The van der Waals surface area contributed by atoms with E-state index in [1.54, 1.807) is 25.2 Å². The van der Waals surface area contributed by atoms with Gasteiger partial charge in [-0.15, -0.1) is 0 Å². The molecule has 0 atom stereocenters. The number of aliphatic imine (C=N–C) groups is 1. The molecule has 0 bridgehead atoms. The van der Waals surface area contributed by atoms with Crippen LogP contribution in [0.1, 0.15) is 17.5 Å². The number of para-hydroxylation sites is 1. The summed E-state index contributed by atoms with van der Waals surface area (Å²) in [6.07, 6.45) is 0.276. The Morgan fingerprint density at radius 3 is 2.43 bits per heavy atom. The molecule has 0 saturated heterocycles. The monoisotopic (exact) mass is 390 g/mol. The molecule has 0 saturated carbocycles. The first-order chi connectivity index (χ1) is 13.6. The number of rotatable bonds is 9. The molecule has 8 heteroatoms. The summed E-state index contributed by atoms with van der Waals surface area (Å²) in [6.45, 7) is -1.76. The van der Waals surface area contributed by atoms with Gasteiger partial charge in [0.25, 0.3) is 0 Å². The van der Waals surface area contributed by atoms with Crippen molar-refractivity contribution in [1.29, 1.82) is 0 Å². The molecule has 0 aliphatic rings. The highest BCUT2D eigenvalue weighted by Gasteiger charge is 2.09. The molecule has 0 heterocycles. The number of carbonyl (C=O) groups excluding carboxylic acids is 1. The van der Waals surface area contributed by atoms with Gasteiger partial charge in [-0.05, 0) is 11.6 Å². The van der Waals surface area contributed by atoms with Gasteiger partial charge in [-0.25, -0.2) is 0 Å². The lowest BCUT2D eigenvalue weighted by Crippen LogP contribution is -2.39. The Morgan fingerprint density at radius 1 is 1.00 bits per heavy atom. The van der Waals surface area contributed by atoms with Crippen LogP contribution in [0.3, 0.4) is 0 Å². The first-order valence-corrected chi connectivity index (χ1v) is 8.86. The van der Waals surface area contributed by atoms with Crippen LogP contribution in [0, 0.1) is 0 Å². The molecule has 2 aromatic carbocycles. The van der Waals surface area contributed by atoms with Gasteiger partial charge in [0.2, 0.25) is 5.91 Å². The molecule has 0 aliphatic carbocycles. The quantitative estimate of drug-likeness (QED) is 0.455. The van der Waals surface area contributed by atoms with Gasteiger partial charge in [0, 0.05) is 38.7 Å². The molecule has 0 radical (unpaired) electrons. The van der Waals surface area contributed by atoms with E-state index in [9.17, 15) is 13.6 Å². The Hall–Kier alpha value is -3.16. The molecule has 1 amide bonds. The Balaban J connectivity index is 1.72. The zero-order valence-electron chi connectivity index (χ0n) is 15.6. The van der Waals surface area contributed by atoms with Crippen molar-refractivity contribution in [3.63, 3.8) is 0 Å². The van der Waals surface area contributed by atoms with Crippen molar-refractivity contribution in [2.24, 2.45) is 4.99 Å². The van der Waals surface area contributed by atoms with Gasteiger partial charge in [-0.1, -0.05) is 48.5 Å². The minimum absolute atomic E-state index is 0.0810. The number of halogens is 2. The Bertz CT molecular complexity index is 770. The minimum Gasteiger partial charge on any atom is -0.434 e. The van der Waals surface area contributed by atoms with E-state index in [0.717, 1.165) is 5.56 Å². The molecule has 3 N–H and O–H groups in total. The molecule has 0 unspecified atom stereocenters. The molecular formula is C20H24F2N4O2. The van der Waals surface area contributed by atoms with Gasteiger partial charge in [-0.3, -0.25) is 9.79 Å². The molecular weight excluding hydrogens is 366 g/mol. The van der Waals surface area contributed by atoms with E-state index in [0.29, 0.717) is 24.6 Å². The van der Waals surface area contributed by atoms with Gasteiger partial charge in [0.05, 0.1) is 0 Å². The normalized spacial score (nSPS) is 11.2. The Morgan fingerprint density at radius 2 is 1.71 bits per heavy atom. The first-order valence-electron chi connectivity index (χ1n) is 8.86. The highest BCUT2D eigenvalue weighted by molar-refractivity contribution is 5.81. The number of nitrogens with zero attached hydrogens (tertiary/aromatic N) is 1. The van der Waals surface area contributed by atoms with E-state index in [4.69, 9.17) is 0 Å². The predicted molar refractivity (Wildman–Crippen MR) is 104 cm³/mol. The van der Waals surface area contributed by atoms with Crippen molar-refractivity contribution < 1.29 is 18.3 Å². The Labute approximate surface area is 163 Å². The highest BCUT2D eigenvalue weighted by atomic mass is 19.3. The maximum Gasteiger partial charge on any atom is 0.387 e. The van der Waals surface area contributed by atoms with Crippen LogP contribution in [0.25, 0.3) is 0 Å². The van der Waals surface area contributed by atoms with Crippen molar-refractivity contribution in [2.75, 3.05) is 13.6 Å². The van der Waals surface area contributed by atoms with E-state index in [-0.39, 0.29) is 24.6 Å². The fraction of sp³-hybridized carbons (Fsp3) is 0.300. The third-order valence-corrected chi connectivity index (χ3v) is 3.84. The highest BCUT2D eigenvalue weighted by Crippen LogP contribution is 2.19. The standard InChI is InChI=1S/C20H24F2N4O2/c1-23-20(26-14-16-9-5-6-10-17(16)28-19(21)22)24-12-11-18(27)25-13-15-7-3-2-4-8-15/h2-10,19H,11-14H2,1H3,(H,25,27)(H2,23,24,26). The number of hydrogen-bond donors (Lipinski definition) is 3. The van der Waals surface area contributed by atoms with Crippen molar-refractivity contribution in [1.82, 2.24) is 16.0 Å². The molecule has 2 rings (SSSR count). The summed E-state index contributed by atoms with van der Waals surface area (Å²) in [5.74, 6) is 0.492. The summed E-state index contributed by atoms with van der Waals surface area (Å²) in [6, 6.07) is 16.2. The molecule has 0 aromatic heterocycles. The number of ether oxygens (including phenoxy) is 1. The second-order valence-electron chi connectivity index (χ2n) is 5.85. The fourth-order valence-electron chi connectivity index (χ4n) is 2.44. The summed E-state index contributed by atoms with van der Waals surface area (Å²) >= 11 is 0. The van der Waals surface area contributed by atoms with Gasteiger partial charge in [0.15, 0.2) is 5.96 Å². The maximum atomic E-state index is 12.5. The van der Waals surface area contributed by atoms with Crippen molar-refractivity contribution in [3.05, 3.63) is 65.7 Å². The average Bonchev–Trinajstić information content (AvgIpc) is 2.70. The summed E-state index contributed by atoms with van der Waals surface area (Å²) in [5.41, 5.74) is 1.61. The molecule has 2 aromatic rings. The van der Waals surface area contributed by atoms with E-state index < -0.39 is 6.61 Å². The van der Waals surface area contributed by atoms with Gasteiger partial charge >= 0.3 is 6.61 Å². The lowest BCUT2D eigenvalue weighted by molar-refractivity contribution is -0.121. The minimum atomic E-state index is -2.88.